The summed E-state index contributed by atoms with van der Waals surface area (Å²) in [5.74, 6) is 0. The van der Waals surface area contributed by atoms with Gasteiger partial charge in [-0.1, -0.05) is 6.07 Å². The molecule has 0 spiro atoms. The molecule has 0 radical (unpaired) electrons. The minimum absolute atomic E-state index is 0. The van der Waals surface area contributed by atoms with E-state index in [1.54, 1.807) is 18.5 Å². The summed E-state index contributed by atoms with van der Waals surface area (Å²) in [6.45, 7) is 1.37. The largest absolute Gasteiger partial charge is 0.313 e. The number of nitrogens with one attached hydrogen (secondary N) is 1. The maximum absolute atomic E-state index is 13.1. The summed E-state index contributed by atoms with van der Waals surface area (Å²) in [4.78, 5) is 4.24. The molecule has 142 valence electrons. The molecule has 1 fully saturated rings. The van der Waals surface area contributed by atoms with E-state index in [9.17, 15) is 16.8 Å². The van der Waals surface area contributed by atoms with E-state index in [1.165, 1.54) is 28.6 Å². The van der Waals surface area contributed by atoms with Gasteiger partial charge in [-0.05, 0) is 35.9 Å². The van der Waals surface area contributed by atoms with Gasteiger partial charge in [0.05, 0.1) is 15.8 Å². The van der Waals surface area contributed by atoms with Crippen LogP contribution in [0.15, 0.2) is 58.6 Å². The Morgan fingerprint density at radius 1 is 1.08 bits per heavy atom. The predicted octanol–water partition coefficient (Wildman–Crippen LogP) is 1.24. The molecule has 1 aliphatic rings. The van der Waals surface area contributed by atoms with Gasteiger partial charge in [-0.3, -0.25) is 4.98 Å². The molecule has 1 atom stereocenters. The van der Waals surface area contributed by atoms with Gasteiger partial charge in [0.2, 0.25) is 10.0 Å². The topological polar surface area (TPSA) is 96.4 Å². The number of hydrogen-bond donors (Lipinski definition) is 1. The lowest BCUT2D eigenvalue weighted by Gasteiger charge is -2.35. The number of hydrogen-bond acceptors (Lipinski definition) is 6. The minimum Gasteiger partial charge on any atom is -0.313 e. The van der Waals surface area contributed by atoms with E-state index in [1.807, 2.05) is 6.07 Å². The van der Waals surface area contributed by atoms with E-state index in [2.05, 4.69) is 10.3 Å². The number of sulfone groups is 1. The van der Waals surface area contributed by atoms with Gasteiger partial charge in [0.1, 0.15) is 0 Å². The van der Waals surface area contributed by atoms with Crippen LogP contribution < -0.4 is 5.32 Å². The second-order valence-corrected chi connectivity index (χ2v) is 9.77. The molecule has 1 unspecified atom stereocenters. The molecule has 2 aromatic rings. The fourth-order valence-corrected chi connectivity index (χ4v) is 5.07. The summed E-state index contributed by atoms with van der Waals surface area (Å²) in [7, 11) is -7.12. The molecule has 7 nitrogen and oxygen atoms in total. The van der Waals surface area contributed by atoms with E-state index in [-0.39, 0.29) is 28.2 Å². The molecule has 1 saturated heterocycles. The molecule has 0 aliphatic carbocycles. The Bertz CT molecular complexity index is 949. The molecule has 1 aliphatic heterocycles. The number of rotatable bonds is 4. The first kappa shape index (κ1) is 20.8. The Kier molecular flexibility index (Phi) is 6.41. The average Bonchev–Trinajstić information content (AvgIpc) is 2.62. The monoisotopic (exact) mass is 417 g/mol. The third-order valence-corrected chi connectivity index (χ3v) is 7.17. The number of benzene rings is 1. The highest BCUT2D eigenvalue weighted by atomic mass is 35.5. The first-order valence-corrected chi connectivity index (χ1v) is 11.1. The smallest absolute Gasteiger partial charge is 0.243 e. The maximum atomic E-state index is 13.1. The van der Waals surface area contributed by atoms with Crippen molar-refractivity contribution in [2.45, 2.75) is 15.8 Å². The van der Waals surface area contributed by atoms with E-state index < -0.39 is 19.9 Å². The van der Waals surface area contributed by atoms with Crippen molar-refractivity contribution in [3.05, 3.63) is 54.4 Å². The van der Waals surface area contributed by atoms with Crippen molar-refractivity contribution < 1.29 is 16.8 Å². The first-order valence-electron chi connectivity index (χ1n) is 7.73. The molecule has 26 heavy (non-hydrogen) atoms. The quantitative estimate of drug-likeness (QED) is 0.804. The molecule has 0 saturated carbocycles. The third-order valence-electron chi connectivity index (χ3n) is 4.12. The molecule has 1 N–H and O–H groups in total. The fourth-order valence-electron chi connectivity index (χ4n) is 2.82. The summed E-state index contributed by atoms with van der Waals surface area (Å²) in [6.07, 6.45) is 4.39. The van der Waals surface area contributed by atoms with Crippen LogP contribution in [0.4, 0.5) is 0 Å². The maximum Gasteiger partial charge on any atom is 0.243 e. The molecule has 2 heterocycles. The van der Waals surface area contributed by atoms with Gasteiger partial charge in [0.25, 0.3) is 0 Å². The SMILES string of the molecule is CS(=O)(=O)c1ccc(S(=O)(=O)N2CCNCC2c2cccnc2)cc1.Cl. The van der Waals surface area contributed by atoms with Gasteiger partial charge in [0.15, 0.2) is 9.84 Å². The van der Waals surface area contributed by atoms with Crippen LogP contribution in [0, 0.1) is 0 Å². The van der Waals surface area contributed by atoms with Crippen molar-refractivity contribution in [2.75, 3.05) is 25.9 Å². The Balaban J connectivity index is 0.00000243. The Morgan fingerprint density at radius 2 is 1.73 bits per heavy atom. The van der Waals surface area contributed by atoms with Crippen LogP contribution in [0.25, 0.3) is 0 Å². The lowest BCUT2D eigenvalue weighted by Crippen LogP contribution is -2.48. The van der Waals surface area contributed by atoms with Crippen molar-refractivity contribution in [1.29, 1.82) is 0 Å². The zero-order chi connectivity index (χ0) is 18.1. The van der Waals surface area contributed by atoms with E-state index in [4.69, 9.17) is 0 Å². The number of sulfonamides is 1. The van der Waals surface area contributed by atoms with Crippen LogP contribution in [-0.4, -0.2) is 52.0 Å². The molecular formula is C16H20ClN3O4S2. The second-order valence-electron chi connectivity index (χ2n) is 5.87. The molecule has 1 aromatic heterocycles. The van der Waals surface area contributed by atoms with Crippen molar-refractivity contribution in [3.63, 3.8) is 0 Å². The molecule has 0 bridgehead atoms. The summed E-state index contributed by atoms with van der Waals surface area (Å²) in [5.41, 5.74) is 0.811. The fraction of sp³-hybridized carbons (Fsp3) is 0.312. The van der Waals surface area contributed by atoms with Crippen molar-refractivity contribution in [1.82, 2.24) is 14.6 Å². The molecular weight excluding hydrogens is 398 g/mol. The van der Waals surface area contributed by atoms with Crippen molar-refractivity contribution in [3.8, 4) is 0 Å². The number of piperazine rings is 1. The average molecular weight is 418 g/mol. The van der Waals surface area contributed by atoms with Crippen molar-refractivity contribution in [2.24, 2.45) is 0 Å². The summed E-state index contributed by atoms with van der Waals surface area (Å²) in [5, 5.41) is 3.20. The summed E-state index contributed by atoms with van der Waals surface area (Å²) >= 11 is 0. The van der Waals surface area contributed by atoms with Crippen LogP contribution in [0.5, 0.6) is 0 Å². The highest BCUT2D eigenvalue weighted by Gasteiger charge is 2.34. The zero-order valence-corrected chi connectivity index (χ0v) is 16.5. The normalized spacial score (nSPS) is 18.9. The second kappa shape index (κ2) is 8.01. The van der Waals surface area contributed by atoms with Crippen LogP contribution in [0.1, 0.15) is 11.6 Å². The number of pyridine rings is 1. The van der Waals surface area contributed by atoms with Gasteiger partial charge in [0, 0.05) is 38.3 Å². The van der Waals surface area contributed by atoms with E-state index in [0.29, 0.717) is 19.6 Å². The van der Waals surface area contributed by atoms with Gasteiger partial charge < -0.3 is 5.32 Å². The highest BCUT2D eigenvalue weighted by molar-refractivity contribution is 7.90. The van der Waals surface area contributed by atoms with Gasteiger partial charge in [-0.15, -0.1) is 12.4 Å². The van der Waals surface area contributed by atoms with Gasteiger partial charge >= 0.3 is 0 Å². The lowest BCUT2D eigenvalue weighted by atomic mass is 10.1. The number of nitrogens with zero attached hydrogens (tertiary/aromatic N) is 2. The van der Waals surface area contributed by atoms with Crippen LogP contribution in [-0.2, 0) is 19.9 Å². The summed E-state index contributed by atoms with van der Waals surface area (Å²) < 4.78 is 50.7. The Hall–Kier alpha value is -1.52. The first-order chi connectivity index (χ1) is 11.8. The van der Waals surface area contributed by atoms with Crippen LogP contribution in [0.3, 0.4) is 0 Å². The number of halogens is 1. The molecule has 3 rings (SSSR count). The Labute approximate surface area is 159 Å². The van der Waals surface area contributed by atoms with Crippen molar-refractivity contribution >= 4 is 32.3 Å². The van der Waals surface area contributed by atoms with Gasteiger partial charge in [-0.2, -0.15) is 4.31 Å². The standard InChI is InChI=1S/C16H19N3O4S2.ClH/c1-24(20,21)14-4-6-15(7-5-14)25(22,23)19-10-9-18-12-16(19)13-3-2-8-17-11-13;/h2-8,11,16,18H,9-10,12H2,1H3;1H. The predicted molar refractivity (Wildman–Crippen MR) is 101 cm³/mol. The third kappa shape index (κ3) is 4.24. The number of aromatic nitrogens is 1. The van der Waals surface area contributed by atoms with Gasteiger partial charge in [-0.25, -0.2) is 16.8 Å². The van der Waals surface area contributed by atoms with E-state index >= 15 is 0 Å². The molecule has 0 amide bonds. The Morgan fingerprint density at radius 3 is 2.31 bits per heavy atom. The molecule has 10 heteroatoms. The zero-order valence-electron chi connectivity index (χ0n) is 14.1. The minimum atomic E-state index is -3.75. The molecule has 1 aromatic carbocycles. The van der Waals surface area contributed by atoms with E-state index in [0.717, 1.165) is 11.8 Å². The van der Waals surface area contributed by atoms with Crippen LogP contribution >= 0.6 is 12.4 Å². The highest BCUT2D eigenvalue weighted by Crippen LogP contribution is 2.28. The lowest BCUT2D eigenvalue weighted by molar-refractivity contribution is 0.271. The van der Waals surface area contributed by atoms with Crippen LogP contribution in [0.2, 0.25) is 0 Å². The summed E-state index contributed by atoms with van der Waals surface area (Å²) in [6, 6.07) is 8.59.